The van der Waals surface area contributed by atoms with E-state index in [2.05, 4.69) is 43.1 Å². The summed E-state index contributed by atoms with van der Waals surface area (Å²) in [4.78, 5) is 26.1. The van der Waals surface area contributed by atoms with Gasteiger partial charge in [-0.2, -0.15) is 0 Å². The molecule has 7 aliphatic carbocycles. The third kappa shape index (κ3) is 4.79. The molecule has 260 valence electrons. The number of hydrogen-bond acceptors (Lipinski definition) is 5. The lowest BCUT2D eigenvalue weighted by atomic mass is 9.39. The number of nitrogens with one attached hydrogen (secondary N) is 1. The molecule has 8 heteroatoms. The molecule has 5 saturated carbocycles. The fraction of sp³-hybridized carbons (Fsp3) is 0.846. The number of fused-ring (bicyclic) bond motifs is 7. The second-order valence-electron chi connectivity index (χ2n) is 18.3. The molecule has 8 rings (SSSR count). The molecule has 7 nitrogen and oxygen atoms in total. The van der Waals surface area contributed by atoms with E-state index >= 15 is 0 Å². The Morgan fingerprint density at radius 1 is 0.894 bits per heavy atom. The van der Waals surface area contributed by atoms with Gasteiger partial charge in [-0.3, -0.25) is 13.8 Å². The zero-order valence-electron chi connectivity index (χ0n) is 29.0. The van der Waals surface area contributed by atoms with Crippen molar-refractivity contribution in [2.24, 2.45) is 57.2 Å². The van der Waals surface area contributed by atoms with Gasteiger partial charge in [-0.15, -0.1) is 0 Å². The summed E-state index contributed by atoms with van der Waals surface area (Å²) in [6.45, 7) is 11.9. The summed E-state index contributed by atoms with van der Waals surface area (Å²) in [7, 11) is -0.606. The Hall–Kier alpha value is -1.51. The first kappa shape index (κ1) is 32.7. The van der Waals surface area contributed by atoms with Gasteiger partial charge in [-0.05, 0) is 140 Å². The Morgan fingerprint density at radius 2 is 1.51 bits per heavy atom. The summed E-state index contributed by atoms with van der Waals surface area (Å²) in [5.74, 6) is 3.76. The molecule has 8 aliphatic rings. The van der Waals surface area contributed by atoms with Crippen LogP contribution in [0.3, 0.4) is 0 Å². The molecule has 9 atom stereocenters. The largest absolute Gasteiger partial charge is 0.480 e. The lowest BCUT2D eigenvalue weighted by Crippen LogP contribution is -2.63. The first-order valence-electron chi connectivity index (χ1n) is 19.1. The van der Waals surface area contributed by atoms with Gasteiger partial charge in [0, 0.05) is 54.0 Å². The minimum absolute atomic E-state index is 0.224. The molecule has 0 radical (unpaired) electrons. The molecule has 47 heavy (non-hydrogen) atoms. The highest BCUT2D eigenvalue weighted by atomic mass is 32.2. The van der Waals surface area contributed by atoms with E-state index in [1.165, 1.54) is 68.9 Å². The fourth-order valence-electron chi connectivity index (χ4n) is 14.1. The van der Waals surface area contributed by atoms with Crippen LogP contribution in [0.4, 0.5) is 0 Å². The van der Waals surface area contributed by atoms with Gasteiger partial charge in [0.15, 0.2) is 5.41 Å². The maximum Gasteiger partial charge on any atom is 0.321 e. The average molecular weight is 667 g/mol. The fourth-order valence-corrected chi connectivity index (χ4v) is 15.2. The molecule has 1 saturated heterocycles. The van der Waals surface area contributed by atoms with Crippen molar-refractivity contribution in [1.82, 2.24) is 10.2 Å². The lowest BCUT2D eigenvalue weighted by Gasteiger charge is -2.67. The van der Waals surface area contributed by atoms with E-state index < -0.39 is 28.2 Å². The Kier molecular flexibility index (Phi) is 7.82. The van der Waals surface area contributed by atoms with Crippen molar-refractivity contribution in [3.8, 4) is 0 Å². The predicted molar refractivity (Wildman–Crippen MR) is 184 cm³/mol. The number of aliphatic carboxylic acids is 2. The number of nitrogens with zero attached hydrogens (tertiary/aromatic N) is 1. The molecule has 0 aromatic rings. The van der Waals surface area contributed by atoms with Gasteiger partial charge in [0.1, 0.15) is 0 Å². The topological polar surface area (TPSA) is 107 Å². The van der Waals surface area contributed by atoms with E-state index in [1.807, 2.05) is 0 Å². The van der Waals surface area contributed by atoms with Crippen LogP contribution in [0.1, 0.15) is 104 Å². The molecule has 0 aromatic carbocycles. The quantitative estimate of drug-likeness (QED) is 0.275. The van der Waals surface area contributed by atoms with Gasteiger partial charge in [-0.1, -0.05) is 39.3 Å². The van der Waals surface area contributed by atoms with E-state index in [1.54, 1.807) is 0 Å². The van der Waals surface area contributed by atoms with Gasteiger partial charge in [0.2, 0.25) is 0 Å². The van der Waals surface area contributed by atoms with Crippen LogP contribution < -0.4 is 5.32 Å². The summed E-state index contributed by atoms with van der Waals surface area (Å²) in [6.07, 6.45) is 19.5. The predicted octanol–water partition coefficient (Wildman–Crippen LogP) is 6.27. The number of carboxylic acids is 2. The van der Waals surface area contributed by atoms with E-state index in [0.717, 1.165) is 74.2 Å². The van der Waals surface area contributed by atoms with Crippen LogP contribution in [0.2, 0.25) is 0 Å². The van der Waals surface area contributed by atoms with E-state index in [9.17, 15) is 24.0 Å². The zero-order valence-corrected chi connectivity index (χ0v) is 29.8. The first-order valence-corrected chi connectivity index (χ1v) is 20.6. The molecule has 1 spiro atoms. The molecule has 1 heterocycles. The smallest absolute Gasteiger partial charge is 0.321 e. The number of carbonyl (C=O) groups is 2. The number of allylic oxidation sites excluding steroid dienone is 4. The van der Waals surface area contributed by atoms with Crippen molar-refractivity contribution in [1.29, 1.82) is 0 Å². The van der Waals surface area contributed by atoms with Crippen LogP contribution in [-0.4, -0.2) is 74.5 Å². The second-order valence-corrected chi connectivity index (χ2v) is 20.0. The first-order chi connectivity index (χ1) is 22.3. The van der Waals surface area contributed by atoms with Crippen molar-refractivity contribution in [3.05, 3.63) is 23.3 Å². The van der Waals surface area contributed by atoms with Crippen LogP contribution in [0, 0.1) is 57.2 Å². The molecular formula is C39H58N2O5S. The van der Waals surface area contributed by atoms with Crippen LogP contribution >= 0.6 is 0 Å². The monoisotopic (exact) mass is 666 g/mol. The molecule has 6 unspecified atom stereocenters. The highest BCUT2D eigenvalue weighted by Crippen LogP contribution is 2.71. The van der Waals surface area contributed by atoms with Crippen LogP contribution in [-0.2, 0) is 20.4 Å². The summed E-state index contributed by atoms with van der Waals surface area (Å²) in [5.41, 5.74) is 2.14. The molecule has 3 N–H and O–H groups in total. The van der Waals surface area contributed by atoms with Crippen molar-refractivity contribution in [3.63, 3.8) is 0 Å². The summed E-state index contributed by atoms with van der Waals surface area (Å²) in [6, 6.07) is 0. The van der Waals surface area contributed by atoms with Crippen molar-refractivity contribution in [2.45, 2.75) is 110 Å². The SMILES string of the molecule is CC1C(C2=CC3(C2)CC(C(=O)O)(C(=O)O)C3)=CCC2(C)C1CCC1[C@@H]2CCC2[C@H]3CCCC3(NCCN3CCS(=O)CC3)CC[C@]21C. The Morgan fingerprint density at radius 3 is 2.17 bits per heavy atom. The second kappa shape index (κ2) is 11.2. The average Bonchev–Trinajstić information content (AvgIpc) is 3.41. The maximum absolute atomic E-state index is 11.8. The number of rotatable bonds is 7. The van der Waals surface area contributed by atoms with E-state index in [4.69, 9.17) is 0 Å². The maximum atomic E-state index is 11.8. The highest BCUT2D eigenvalue weighted by Gasteiger charge is 2.67. The standard InChI is InChI=1S/C39H58N2O5S/c1-25-27(26-21-37(22-26)23-38(24-37,33(42)43)34(44)45)10-12-35(2)28(25)6-7-30-29(35)8-9-31-32-5-4-11-39(32,14-13-36(30,31)3)40-15-16-41-17-19-47(46)20-18-41/h10,21,25,28-32,40H,4-9,11-20,22-24H2,1-3H3,(H,42,43)(H,44,45)/t25?,28?,29-,30?,31?,32+,35?,36-,39?/m0/s1. The molecule has 0 bridgehead atoms. The van der Waals surface area contributed by atoms with Crippen molar-refractivity contribution >= 4 is 22.7 Å². The van der Waals surface area contributed by atoms with Gasteiger partial charge >= 0.3 is 11.9 Å². The molecule has 0 amide bonds. The normalized spacial score (nSPS) is 45.3. The van der Waals surface area contributed by atoms with E-state index in [-0.39, 0.29) is 18.3 Å². The van der Waals surface area contributed by atoms with Gasteiger partial charge in [-0.25, -0.2) is 0 Å². The summed E-state index contributed by atoms with van der Waals surface area (Å²) >= 11 is 0. The van der Waals surface area contributed by atoms with Crippen molar-refractivity contribution in [2.75, 3.05) is 37.7 Å². The summed E-state index contributed by atoms with van der Waals surface area (Å²) in [5, 5.41) is 23.5. The van der Waals surface area contributed by atoms with Crippen LogP contribution in [0.25, 0.3) is 0 Å². The van der Waals surface area contributed by atoms with Gasteiger partial charge < -0.3 is 20.4 Å². The van der Waals surface area contributed by atoms with Crippen LogP contribution in [0.5, 0.6) is 0 Å². The lowest BCUT2D eigenvalue weighted by molar-refractivity contribution is -0.181. The molecule has 6 fully saturated rings. The Balaban J connectivity index is 0.949. The van der Waals surface area contributed by atoms with Gasteiger partial charge in [0.25, 0.3) is 0 Å². The number of hydrogen-bond donors (Lipinski definition) is 3. The van der Waals surface area contributed by atoms with Gasteiger partial charge in [0.05, 0.1) is 0 Å². The third-order valence-corrected chi connectivity index (χ3v) is 17.7. The number of carboxylic acid groups (broad SMARTS) is 2. The molecule has 0 aromatic heterocycles. The zero-order chi connectivity index (χ0) is 33.0. The molecular weight excluding hydrogens is 609 g/mol. The minimum atomic E-state index is -1.59. The van der Waals surface area contributed by atoms with Crippen molar-refractivity contribution < 1.29 is 24.0 Å². The Bertz CT molecular complexity index is 1390. The minimum Gasteiger partial charge on any atom is -0.480 e. The van der Waals surface area contributed by atoms with Crippen LogP contribution in [0.15, 0.2) is 23.3 Å². The summed E-state index contributed by atoms with van der Waals surface area (Å²) < 4.78 is 11.8. The Labute approximate surface area is 284 Å². The van der Waals surface area contributed by atoms with E-state index in [0.29, 0.717) is 28.2 Å². The highest BCUT2D eigenvalue weighted by molar-refractivity contribution is 7.85. The third-order valence-electron chi connectivity index (χ3n) is 16.4. The molecule has 1 aliphatic heterocycles.